The minimum atomic E-state index is -3.19. The topological polar surface area (TPSA) is 107 Å². The van der Waals surface area contributed by atoms with Crippen LogP contribution in [0.5, 0.6) is 0 Å². The summed E-state index contributed by atoms with van der Waals surface area (Å²) in [4.78, 5) is 26.5. The molecule has 2 fully saturated rings. The Kier molecular flexibility index (Phi) is 5.49. The summed E-state index contributed by atoms with van der Waals surface area (Å²) in [6.07, 6.45) is 2.42. The van der Waals surface area contributed by atoms with Gasteiger partial charge in [0.15, 0.2) is 0 Å². The summed E-state index contributed by atoms with van der Waals surface area (Å²) >= 11 is 0. The van der Waals surface area contributed by atoms with E-state index in [1.165, 1.54) is 19.8 Å². The molecule has 10 nitrogen and oxygen atoms in total. The lowest BCUT2D eigenvalue weighted by Crippen LogP contribution is -2.43. The molecule has 0 atom stereocenters. The predicted molar refractivity (Wildman–Crippen MR) is 93.3 cm³/mol. The smallest absolute Gasteiger partial charge is 0.346 e. The van der Waals surface area contributed by atoms with E-state index in [9.17, 15) is 18.0 Å². The lowest BCUT2D eigenvalue weighted by Gasteiger charge is -2.29. The van der Waals surface area contributed by atoms with E-state index in [1.807, 2.05) is 0 Å². The molecule has 2 aliphatic rings. The van der Waals surface area contributed by atoms with Crippen LogP contribution in [0.15, 0.2) is 4.79 Å². The lowest BCUT2D eigenvalue weighted by molar-refractivity contribution is -0.136. The van der Waals surface area contributed by atoms with Crippen molar-refractivity contribution in [1.29, 1.82) is 0 Å². The van der Waals surface area contributed by atoms with Gasteiger partial charge in [0.05, 0.1) is 19.5 Å². The van der Waals surface area contributed by atoms with Crippen molar-refractivity contribution in [1.82, 2.24) is 23.6 Å². The number of morpholine rings is 1. The Labute approximate surface area is 152 Å². The number of hydrogen-bond acceptors (Lipinski definition) is 6. The molecule has 0 aromatic carbocycles. The zero-order valence-corrected chi connectivity index (χ0v) is 15.9. The number of aromatic nitrogens is 3. The van der Waals surface area contributed by atoms with Gasteiger partial charge >= 0.3 is 5.69 Å². The average molecular weight is 387 g/mol. The van der Waals surface area contributed by atoms with Gasteiger partial charge in [-0.05, 0) is 12.8 Å². The fourth-order valence-corrected chi connectivity index (χ4v) is 4.32. The molecule has 1 aromatic rings. The van der Waals surface area contributed by atoms with Crippen LogP contribution >= 0.6 is 0 Å². The fraction of sp³-hybridized carbons (Fsp3) is 0.800. The maximum Gasteiger partial charge on any atom is 0.346 e. The van der Waals surface area contributed by atoms with E-state index in [0.717, 1.165) is 0 Å². The Hall–Kier alpha value is -1.72. The SMILES string of the molecule is Cn1c(C2CCN(S(C)(=O)=O)CC2)nn(CC(=O)N2CCOCC2)c1=O. The third-order valence-corrected chi connectivity index (χ3v) is 6.31. The first-order valence-corrected chi connectivity index (χ1v) is 10.6. The van der Waals surface area contributed by atoms with Gasteiger partial charge in [0.25, 0.3) is 0 Å². The van der Waals surface area contributed by atoms with Gasteiger partial charge in [0.1, 0.15) is 12.4 Å². The molecule has 0 aliphatic carbocycles. The Morgan fingerprint density at radius 3 is 2.38 bits per heavy atom. The van der Waals surface area contributed by atoms with E-state index in [-0.39, 0.29) is 24.1 Å². The van der Waals surface area contributed by atoms with Crippen LogP contribution in [0.4, 0.5) is 0 Å². The number of sulfonamides is 1. The van der Waals surface area contributed by atoms with Gasteiger partial charge in [-0.3, -0.25) is 9.36 Å². The summed E-state index contributed by atoms with van der Waals surface area (Å²) in [6.45, 7) is 2.80. The second kappa shape index (κ2) is 7.49. The van der Waals surface area contributed by atoms with E-state index >= 15 is 0 Å². The van der Waals surface area contributed by atoms with Gasteiger partial charge in [-0.15, -0.1) is 0 Å². The summed E-state index contributed by atoms with van der Waals surface area (Å²) in [6, 6.07) is 0. The highest BCUT2D eigenvalue weighted by molar-refractivity contribution is 7.88. The van der Waals surface area contributed by atoms with Crippen LogP contribution in [-0.4, -0.2) is 83.5 Å². The molecule has 0 N–H and O–H groups in total. The molecule has 26 heavy (non-hydrogen) atoms. The third kappa shape index (κ3) is 3.99. The summed E-state index contributed by atoms with van der Waals surface area (Å²) in [5.41, 5.74) is -0.327. The zero-order chi connectivity index (χ0) is 18.9. The molecule has 0 bridgehead atoms. The summed E-state index contributed by atoms with van der Waals surface area (Å²) in [5.74, 6) is 0.468. The van der Waals surface area contributed by atoms with Gasteiger partial charge in [0, 0.05) is 39.1 Å². The lowest BCUT2D eigenvalue weighted by atomic mass is 9.97. The normalized spacial score (nSPS) is 20.5. The number of amides is 1. The van der Waals surface area contributed by atoms with Crippen LogP contribution in [0.3, 0.4) is 0 Å². The molecule has 0 radical (unpaired) electrons. The monoisotopic (exact) mass is 387 g/mol. The highest BCUT2D eigenvalue weighted by Crippen LogP contribution is 2.26. The van der Waals surface area contributed by atoms with Crippen molar-refractivity contribution in [2.24, 2.45) is 7.05 Å². The third-order valence-electron chi connectivity index (χ3n) is 5.01. The maximum atomic E-state index is 12.4. The van der Waals surface area contributed by atoms with Gasteiger partial charge in [-0.25, -0.2) is 22.2 Å². The van der Waals surface area contributed by atoms with Crippen molar-refractivity contribution < 1.29 is 17.9 Å². The first-order chi connectivity index (χ1) is 12.3. The molecule has 1 amide bonds. The molecule has 0 spiro atoms. The Bertz CT molecular complexity index is 816. The van der Waals surface area contributed by atoms with Crippen molar-refractivity contribution in [3.8, 4) is 0 Å². The molecule has 0 saturated carbocycles. The molecular weight excluding hydrogens is 362 g/mol. The van der Waals surface area contributed by atoms with Crippen LogP contribution < -0.4 is 5.69 Å². The van der Waals surface area contributed by atoms with Crippen molar-refractivity contribution in [3.05, 3.63) is 16.3 Å². The molecular formula is C15H25N5O5S. The summed E-state index contributed by atoms with van der Waals surface area (Å²) < 4.78 is 32.6. The quantitative estimate of drug-likeness (QED) is 0.628. The first kappa shape index (κ1) is 19.1. The number of piperidine rings is 1. The Morgan fingerprint density at radius 1 is 1.19 bits per heavy atom. The first-order valence-electron chi connectivity index (χ1n) is 8.71. The van der Waals surface area contributed by atoms with Crippen LogP contribution in [0, 0.1) is 0 Å². The van der Waals surface area contributed by atoms with E-state index in [2.05, 4.69) is 5.10 Å². The van der Waals surface area contributed by atoms with Gasteiger partial charge in [-0.2, -0.15) is 5.10 Å². The van der Waals surface area contributed by atoms with Gasteiger partial charge in [-0.1, -0.05) is 0 Å². The molecule has 0 unspecified atom stereocenters. The van der Waals surface area contributed by atoms with Crippen LogP contribution in [-0.2, 0) is 33.1 Å². The number of rotatable bonds is 4. The van der Waals surface area contributed by atoms with E-state index in [4.69, 9.17) is 4.74 Å². The van der Waals surface area contributed by atoms with Crippen molar-refractivity contribution in [2.75, 3.05) is 45.6 Å². The zero-order valence-electron chi connectivity index (χ0n) is 15.1. The molecule has 1 aromatic heterocycles. The van der Waals surface area contributed by atoms with Crippen LogP contribution in [0.25, 0.3) is 0 Å². The molecule has 2 aliphatic heterocycles. The molecule has 2 saturated heterocycles. The number of nitrogens with zero attached hydrogens (tertiary/aromatic N) is 5. The fourth-order valence-electron chi connectivity index (χ4n) is 3.45. The number of ether oxygens (including phenoxy) is 1. The van der Waals surface area contributed by atoms with E-state index in [0.29, 0.717) is 58.1 Å². The number of hydrogen-bond donors (Lipinski definition) is 0. The molecule has 11 heteroatoms. The molecule has 3 heterocycles. The maximum absolute atomic E-state index is 12.4. The summed E-state index contributed by atoms with van der Waals surface area (Å²) in [7, 11) is -1.55. The Morgan fingerprint density at radius 2 is 1.81 bits per heavy atom. The van der Waals surface area contributed by atoms with Crippen molar-refractivity contribution >= 4 is 15.9 Å². The summed E-state index contributed by atoms with van der Waals surface area (Å²) in [5, 5.41) is 4.38. The predicted octanol–water partition coefficient (Wildman–Crippen LogP) is -1.42. The van der Waals surface area contributed by atoms with Crippen LogP contribution in [0.2, 0.25) is 0 Å². The second-order valence-corrected chi connectivity index (χ2v) is 8.77. The molecule has 146 valence electrons. The van der Waals surface area contributed by atoms with Crippen molar-refractivity contribution in [2.45, 2.75) is 25.3 Å². The second-order valence-electron chi connectivity index (χ2n) is 6.79. The van der Waals surface area contributed by atoms with E-state index < -0.39 is 10.0 Å². The minimum absolute atomic E-state index is 0.00504. The highest BCUT2D eigenvalue weighted by Gasteiger charge is 2.29. The van der Waals surface area contributed by atoms with Crippen molar-refractivity contribution in [3.63, 3.8) is 0 Å². The highest BCUT2D eigenvalue weighted by atomic mass is 32.2. The average Bonchev–Trinajstić information content (AvgIpc) is 2.90. The van der Waals surface area contributed by atoms with Crippen LogP contribution in [0.1, 0.15) is 24.6 Å². The molecule has 3 rings (SSSR count). The number of carbonyl (C=O) groups excluding carboxylic acids is 1. The standard InChI is InChI=1S/C15H25N5O5S/c1-17-14(12-3-5-19(6-4-12)26(2,23)24)16-20(15(17)22)11-13(21)18-7-9-25-10-8-18/h12H,3-11H2,1-2H3. The van der Waals surface area contributed by atoms with Gasteiger partial charge < -0.3 is 9.64 Å². The van der Waals surface area contributed by atoms with Gasteiger partial charge in [0.2, 0.25) is 15.9 Å². The Balaban J connectivity index is 1.70. The van der Waals surface area contributed by atoms with E-state index in [1.54, 1.807) is 11.9 Å². The largest absolute Gasteiger partial charge is 0.378 e. The minimum Gasteiger partial charge on any atom is -0.378 e. The number of carbonyl (C=O) groups is 1.